The van der Waals surface area contributed by atoms with E-state index in [1.54, 1.807) is 0 Å². The predicted molar refractivity (Wildman–Crippen MR) is 49.7 cm³/mol. The first-order valence-corrected chi connectivity index (χ1v) is 4.26. The molecule has 0 aromatic heterocycles. The van der Waals surface area contributed by atoms with Crippen LogP contribution in [0.1, 0.15) is 12.8 Å². The first-order chi connectivity index (χ1) is 8.42. The SMILES string of the molecule is O=C(O)CC(O)(CC(=O)O)C(=O)O.O=C([O-])C(=O)O.[K+].[Ti]. The normalized spacial score (nSPS) is 8.81. The molecule has 0 saturated carbocycles. The number of aliphatic hydroxyl groups is 1. The van der Waals surface area contributed by atoms with Crippen LogP contribution in [0.5, 0.6) is 0 Å². The molecule has 112 valence electrons. The summed E-state index contributed by atoms with van der Waals surface area (Å²) in [5.41, 5.74) is -2.74. The minimum atomic E-state index is -2.74. The average Bonchev–Trinajstić information content (AvgIpc) is 2.14. The van der Waals surface area contributed by atoms with Crippen molar-refractivity contribution in [2.45, 2.75) is 18.4 Å². The first-order valence-electron chi connectivity index (χ1n) is 4.26. The van der Waals surface area contributed by atoms with Gasteiger partial charge in [-0.3, -0.25) is 9.59 Å². The van der Waals surface area contributed by atoms with Crippen LogP contribution >= 0.6 is 0 Å². The molecule has 0 saturated heterocycles. The molecule has 21 heavy (non-hydrogen) atoms. The Labute approximate surface area is 174 Å². The fourth-order valence-electron chi connectivity index (χ4n) is 0.714. The maximum atomic E-state index is 10.3. The van der Waals surface area contributed by atoms with Gasteiger partial charge in [0, 0.05) is 21.7 Å². The minimum absolute atomic E-state index is 0. The maximum Gasteiger partial charge on any atom is 1.00 e. The Kier molecular flexibility index (Phi) is 18.3. The van der Waals surface area contributed by atoms with Crippen LogP contribution in [-0.4, -0.2) is 61.0 Å². The van der Waals surface area contributed by atoms with Crippen molar-refractivity contribution >= 4 is 29.8 Å². The number of aliphatic carboxylic acids is 5. The number of carboxylic acid groups (broad SMARTS) is 5. The molecule has 0 radical (unpaired) electrons. The topological polar surface area (TPSA) is 210 Å². The molecule has 0 amide bonds. The van der Waals surface area contributed by atoms with E-state index in [-0.39, 0.29) is 73.1 Å². The molecule has 0 aromatic rings. The Morgan fingerprint density at radius 2 is 1.10 bits per heavy atom. The van der Waals surface area contributed by atoms with Crippen LogP contribution in [0.3, 0.4) is 0 Å². The Balaban J connectivity index is -0.000000156. The molecule has 0 atom stereocenters. The first kappa shape index (κ1) is 28.8. The zero-order valence-electron chi connectivity index (χ0n) is 10.6. The monoisotopic (exact) mass is 368 g/mol. The van der Waals surface area contributed by atoms with Crippen molar-refractivity contribution in [3.63, 3.8) is 0 Å². The molecule has 13 heteroatoms. The predicted octanol–water partition coefficient (Wildman–Crippen LogP) is -6.43. The third-order valence-corrected chi connectivity index (χ3v) is 1.46. The van der Waals surface area contributed by atoms with E-state index in [4.69, 9.17) is 40.2 Å². The molecular formula is C8H9KO11Ti. The van der Waals surface area contributed by atoms with Crippen LogP contribution < -0.4 is 56.5 Å². The van der Waals surface area contributed by atoms with E-state index in [1.807, 2.05) is 0 Å². The summed E-state index contributed by atoms with van der Waals surface area (Å²) < 4.78 is 0. The number of carbonyl (C=O) groups excluding carboxylic acids is 1. The summed E-state index contributed by atoms with van der Waals surface area (Å²) in [5, 5.41) is 50.1. The van der Waals surface area contributed by atoms with Crippen molar-refractivity contribution < 1.29 is 128 Å². The minimum Gasteiger partial charge on any atom is -0.539 e. The van der Waals surface area contributed by atoms with E-state index in [9.17, 15) is 14.4 Å². The fourth-order valence-corrected chi connectivity index (χ4v) is 0.714. The zero-order chi connectivity index (χ0) is 15.8. The van der Waals surface area contributed by atoms with Gasteiger partial charge >= 0.3 is 75.3 Å². The second-order valence-corrected chi connectivity index (χ2v) is 3.07. The maximum absolute atomic E-state index is 10.3. The van der Waals surface area contributed by atoms with Gasteiger partial charge in [0.05, 0.1) is 12.8 Å². The van der Waals surface area contributed by atoms with Crippen molar-refractivity contribution in [3.05, 3.63) is 0 Å². The summed E-state index contributed by atoms with van der Waals surface area (Å²) in [4.78, 5) is 48.5. The van der Waals surface area contributed by atoms with E-state index in [1.165, 1.54) is 0 Å². The summed E-state index contributed by atoms with van der Waals surface area (Å²) in [6.45, 7) is 0. The van der Waals surface area contributed by atoms with Gasteiger partial charge in [-0.1, -0.05) is 0 Å². The molecule has 0 aliphatic carbocycles. The molecule has 11 nitrogen and oxygen atoms in total. The number of hydrogen-bond acceptors (Lipinski definition) is 7. The number of carboxylic acids is 5. The van der Waals surface area contributed by atoms with Crippen molar-refractivity contribution in [1.82, 2.24) is 0 Å². The van der Waals surface area contributed by atoms with Crippen molar-refractivity contribution in [1.29, 1.82) is 0 Å². The molecule has 0 bridgehead atoms. The fraction of sp³-hybridized carbons (Fsp3) is 0.375. The van der Waals surface area contributed by atoms with Gasteiger partial charge in [-0.25, -0.2) is 9.59 Å². The number of rotatable bonds is 5. The van der Waals surface area contributed by atoms with Gasteiger partial charge in [0.25, 0.3) is 0 Å². The molecular weight excluding hydrogens is 359 g/mol. The van der Waals surface area contributed by atoms with Gasteiger partial charge in [0.2, 0.25) is 0 Å². The van der Waals surface area contributed by atoms with E-state index in [2.05, 4.69) is 0 Å². The van der Waals surface area contributed by atoms with Crippen molar-refractivity contribution in [2.24, 2.45) is 0 Å². The summed E-state index contributed by atoms with van der Waals surface area (Å²) in [6.07, 6.45) is -2.29. The van der Waals surface area contributed by atoms with Crippen LogP contribution in [-0.2, 0) is 45.7 Å². The summed E-state index contributed by atoms with van der Waals surface area (Å²) in [5.74, 6) is -9.03. The largest absolute Gasteiger partial charge is 1.00 e. The Hall–Kier alpha value is -0.339. The summed E-state index contributed by atoms with van der Waals surface area (Å²) >= 11 is 0. The average molecular weight is 368 g/mol. The number of carbonyl (C=O) groups is 5. The molecule has 5 N–H and O–H groups in total. The second-order valence-electron chi connectivity index (χ2n) is 3.07. The van der Waals surface area contributed by atoms with E-state index in [0.29, 0.717) is 0 Å². The zero-order valence-corrected chi connectivity index (χ0v) is 15.3. The van der Waals surface area contributed by atoms with Gasteiger partial charge in [0.1, 0.15) is 0 Å². The Bertz CT molecular complexity index is 379. The summed E-state index contributed by atoms with van der Waals surface area (Å²) in [7, 11) is 0. The molecule has 0 unspecified atom stereocenters. The quantitative estimate of drug-likeness (QED) is 0.227. The van der Waals surface area contributed by atoms with E-state index >= 15 is 0 Å². The van der Waals surface area contributed by atoms with Crippen LogP contribution in [0.15, 0.2) is 0 Å². The van der Waals surface area contributed by atoms with Gasteiger partial charge in [-0.15, -0.1) is 0 Å². The van der Waals surface area contributed by atoms with Gasteiger partial charge in [0.15, 0.2) is 11.6 Å². The van der Waals surface area contributed by atoms with Gasteiger partial charge < -0.3 is 35.4 Å². The van der Waals surface area contributed by atoms with Crippen molar-refractivity contribution in [2.75, 3.05) is 0 Å². The Morgan fingerprint density at radius 3 is 1.19 bits per heavy atom. The van der Waals surface area contributed by atoms with Gasteiger partial charge in [-0.05, 0) is 0 Å². The molecule has 0 spiro atoms. The van der Waals surface area contributed by atoms with Crippen molar-refractivity contribution in [3.8, 4) is 0 Å². The summed E-state index contributed by atoms with van der Waals surface area (Å²) in [6, 6.07) is 0. The van der Waals surface area contributed by atoms with Crippen LogP contribution in [0.2, 0.25) is 0 Å². The smallest absolute Gasteiger partial charge is 0.539 e. The molecule has 0 aromatic carbocycles. The standard InChI is InChI=1S/C6H8O7.C2H2O4.K.Ti/c7-3(8)1-6(13,5(11)12)2-4(9)10;3-1(4)2(5)6;;/h13H,1-2H2,(H,7,8)(H,9,10)(H,11,12);(H,3,4)(H,5,6);;/q;;+1;/p-1. The van der Waals surface area contributed by atoms with E-state index in [0.717, 1.165) is 0 Å². The second kappa shape index (κ2) is 13.3. The molecule has 0 aliphatic rings. The van der Waals surface area contributed by atoms with Crippen LogP contribution in [0.4, 0.5) is 0 Å². The van der Waals surface area contributed by atoms with Crippen LogP contribution in [0.25, 0.3) is 0 Å². The Morgan fingerprint density at radius 1 is 0.857 bits per heavy atom. The molecule has 0 aliphatic heterocycles. The van der Waals surface area contributed by atoms with Crippen LogP contribution in [0, 0.1) is 0 Å². The third kappa shape index (κ3) is 15.9. The number of hydrogen-bond donors (Lipinski definition) is 5. The van der Waals surface area contributed by atoms with Gasteiger partial charge in [-0.2, -0.15) is 0 Å². The molecule has 0 fully saturated rings. The molecule has 0 heterocycles. The third-order valence-electron chi connectivity index (χ3n) is 1.46. The molecule has 0 rings (SSSR count). The van der Waals surface area contributed by atoms with E-state index < -0.39 is 48.3 Å².